The van der Waals surface area contributed by atoms with E-state index < -0.39 is 0 Å². The average Bonchev–Trinajstić information content (AvgIpc) is 2.48. The maximum atomic E-state index is 12.9. The highest BCUT2D eigenvalue weighted by Gasteiger charge is 2.09. The van der Waals surface area contributed by atoms with Gasteiger partial charge in [-0.3, -0.25) is 4.79 Å². The van der Waals surface area contributed by atoms with E-state index in [4.69, 9.17) is 0 Å². The van der Waals surface area contributed by atoms with Gasteiger partial charge in [0.1, 0.15) is 5.82 Å². The van der Waals surface area contributed by atoms with Crippen LogP contribution in [0.2, 0.25) is 0 Å². The number of nitrogens with one attached hydrogen (secondary N) is 1. The topological polar surface area (TPSA) is 29.1 Å². The number of carbonyl (C=O) groups is 1. The van der Waals surface area contributed by atoms with Crippen LogP contribution in [0.4, 0.5) is 10.1 Å². The first-order valence-electron chi connectivity index (χ1n) is 7.61. The van der Waals surface area contributed by atoms with Gasteiger partial charge in [-0.1, -0.05) is 39.0 Å². The van der Waals surface area contributed by atoms with Crippen LogP contribution in [0, 0.1) is 11.2 Å². The van der Waals surface area contributed by atoms with Gasteiger partial charge in [-0.15, -0.1) is 0 Å². The van der Waals surface area contributed by atoms with Gasteiger partial charge in [0.25, 0.3) is 5.91 Å². The molecule has 2 rings (SSSR count). The molecule has 2 nitrogen and oxygen atoms in total. The fourth-order valence-electron chi connectivity index (χ4n) is 2.35. The molecule has 0 fully saturated rings. The Hall–Kier alpha value is -2.42. The summed E-state index contributed by atoms with van der Waals surface area (Å²) in [6, 6.07) is 13.2. The first-order chi connectivity index (χ1) is 10.7. The van der Waals surface area contributed by atoms with Gasteiger partial charge in [0.05, 0.1) is 0 Å². The quantitative estimate of drug-likeness (QED) is 0.793. The van der Waals surface area contributed by atoms with Crippen molar-refractivity contribution in [1.29, 1.82) is 0 Å². The summed E-state index contributed by atoms with van der Waals surface area (Å²) in [6.45, 7) is 8.53. The Balaban J connectivity index is 2.11. The molecule has 0 aliphatic carbocycles. The van der Waals surface area contributed by atoms with Gasteiger partial charge in [-0.2, -0.15) is 0 Å². The number of hydrogen-bond donors (Lipinski definition) is 1. The van der Waals surface area contributed by atoms with Crippen molar-refractivity contribution in [1.82, 2.24) is 0 Å². The van der Waals surface area contributed by atoms with E-state index in [1.807, 2.05) is 12.1 Å². The monoisotopic (exact) mass is 311 g/mol. The molecule has 0 spiro atoms. The Morgan fingerprint density at radius 1 is 0.957 bits per heavy atom. The Labute approximate surface area is 137 Å². The predicted octanol–water partition coefficient (Wildman–Crippen LogP) is 5.53. The second kappa shape index (κ2) is 6.78. The summed E-state index contributed by atoms with van der Waals surface area (Å²) in [6.07, 6.45) is 2.21. The minimum atomic E-state index is -0.325. The maximum Gasteiger partial charge on any atom is 0.255 e. The summed E-state index contributed by atoms with van der Waals surface area (Å²) in [4.78, 5) is 12.2. The third kappa shape index (κ3) is 5.06. The second-order valence-electron chi connectivity index (χ2n) is 6.73. The molecule has 2 aromatic rings. The number of allylic oxidation sites excluding steroid dienone is 2. The number of halogens is 1. The van der Waals surface area contributed by atoms with E-state index in [2.05, 4.69) is 39.1 Å². The SMILES string of the molecule is C/C(=C\C(C)(C)C)c1ccc(C(=O)Nc2ccc(F)cc2)cc1. The summed E-state index contributed by atoms with van der Waals surface area (Å²) in [5.41, 5.74) is 3.54. The number of hydrogen-bond acceptors (Lipinski definition) is 1. The molecule has 3 heteroatoms. The van der Waals surface area contributed by atoms with Crippen LogP contribution in [0.5, 0.6) is 0 Å². The zero-order valence-electron chi connectivity index (χ0n) is 14.0. The minimum Gasteiger partial charge on any atom is -0.322 e. The van der Waals surface area contributed by atoms with Gasteiger partial charge in [0, 0.05) is 11.3 Å². The molecule has 0 radical (unpaired) electrons. The Morgan fingerprint density at radius 2 is 1.48 bits per heavy atom. The summed E-state index contributed by atoms with van der Waals surface area (Å²) in [7, 11) is 0. The summed E-state index contributed by atoms with van der Waals surface area (Å²) in [5, 5.41) is 2.75. The maximum absolute atomic E-state index is 12.9. The van der Waals surface area contributed by atoms with Gasteiger partial charge in [0.15, 0.2) is 0 Å². The number of carbonyl (C=O) groups excluding carboxylic acids is 1. The molecule has 1 N–H and O–H groups in total. The standard InChI is InChI=1S/C20H22FNO/c1-14(13-20(2,3)4)15-5-7-16(8-6-15)19(23)22-18-11-9-17(21)10-12-18/h5-13H,1-4H3,(H,22,23)/b14-13+. The molecule has 23 heavy (non-hydrogen) atoms. The van der Waals surface area contributed by atoms with E-state index in [0.29, 0.717) is 11.3 Å². The van der Waals surface area contributed by atoms with Crippen molar-refractivity contribution in [2.75, 3.05) is 5.32 Å². The van der Waals surface area contributed by atoms with Crippen LogP contribution in [0.25, 0.3) is 5.57 Å². The smallest absolute Gasteiger partial charge is 0.255 e. The van der Waals surface area contributed by atoms with E-state index in [0.717, 1.165) is 5.56 Å². The highest BCUT2D eigenvalue weighted by atomic mass is 19.1. The molecule has 0 saturated heterocycles. The molecule has 0 aliphatic heterocycles. The lowest BCUT2D eigenvalue weighted by Crippen LogP contribution is -2.11. The molecular formula is C20H22FNO. The van der Waals surface area contributed by atoms with Crippen molar-refractivity contribution in [3.8, 4) is 0 Å². The Morgan fingerprint density at radius 3 is 2.00 bits per heavy atom. The zero-order chi connectivity index (χ0) is 17.0. The molecule has 0 saturated carbocycles. The van der Waals surface area contributed by atoms with Crippen molar-refractivity contribution >= 4 is 17.2 Å². The van der Waals surface area contributed by atoms with Crippen molar-refractivity contribution < 1.29 is 9.18 Å². The first kappa shape index (κ1) is 16.9. The summed E-state index contributed by atoms with van der Waals surface area (Å²) in [5.74, 6) is -0.533. The van der Waals surface area contributed by atoms with Crippen molar-refractivity contribution in [3.05, 3.63) is 71.6 Å². The van der Waals surface area contributed by atoms with Crippen molar-refractivity contribution in [3.63, 3.8) is 0 Å². The summed E-state index contributed by atoms with van der Waals surface area (Å²) < 4.78 is 12.9. The molecule has 1 amide bonds. The Kier molecular flexibility index (Phi) is 4.99. The van der Waals surface area contributed by atoms with E-state index in [-0.39, 0.29) is 17.1 Å². The minimum absolute atomic E-state index is 0.114. The zero-order valence-corrected chi connectivity index (χ0v) is 14.0. The van der Waals surface area contributed by atoms with Gasteiger partial charge in [-0.25, -0.2) is 4.39 Å². The predicted molar refractivity (Wildman–Crippen MR) is 93.9 cm³/mol. The number of benzene rings is 2. The van der Waals surface area contributed by atoms with Crippen LogP contribution in [-0.2, 0) is 0 Å². The third-order valence-corrected chi connectivity index (χ3v) is 3.35. The fourth-order valence-corrected chi connectivity index (χ4v) is 2.35. The van der Waals surface area contributed by atoms with Crippen LogP contribution in [0.3, 0.4) is 0 Å². The lowest BCUT2D eigenvalue weighted by Gasteiger charge is -2.14. The largest absolute Gasteiger partial charge is 0.322 e. The molecular weight excluding hydrogens is 289 g/mol. The van der Waals surface area contributed by atoms with Crippen LogP contribution in [0.15, 0.2) is 54.6 Å². The van der Waals surface area contributed by atoms with Crippen LogP contribution in [0.1, 0.15) is 43.6 Å². The highest BCUT2D eigenvalue weighted by Crippen LogP contribution is 2.23. The molecule has 0 aromatic heterocycles. The van der Waals surface area contributed by atoms with Gasteiger partial charge in [0.2, 0.25) is 0 Å². The van der Waals surface area contributed by atoms with Crippen LogP contribution in [-0.4, -0.2) is 5.91 Å². The first-order valence-corrected chi connectivity index (χ1v) is 7.61. The average molecular weight is 311 g/mol. The molecule has 0 aliphatic rings. The third-order valence-electron chi connectivity index (χ3n) is 3.35. The van der Waals surface area contributed by atoms with Gasteiger partial charge < -0.3 is 5.32 Å². The molecule has 120 valence electrons. The van der Waals surface area contributed by atoms with Crippen LogP contribution < -0.4 is 5.32 Å². The number of amides is 1. The number of anilines is 1. The van der Waals surface area contributed by atoms with E-state index >= 15 is 0 Å². The molecule has 0 bridgehead atoms. The lowest BCUT2D eigenvalue weighted by molar-refractivity contribution is 0.102. The molecule has 0 unspecified atom stereocenters. The van der Waals surface area contributed by atoms with Gasteiger partial charge >= 0.3 is 0 Å². The summed E-state index contributed by atoms with van der Waals surface area (Å²) >= 11 is 0. The Bertz CT molecular complexity index is 707. The van der Waals surface area contributed by atoms with E-state index in [9.17, 15) is 9.18 Å². The number of rotatable bonds is 3. The van der Waals surface area contributed by atoms with Gasteiger partial charge in [-0.05, 0) is 59.9 Å². The van der Waals surface area contributed by atoms with Crippen molar-refractivity contribution in [2.24, 2.45) is 5.41 Å². The lowest BCUT2D eigenvalue weighted by atomic mass is 9.91. The molecule has 0 atom stereocenters. The highest BCUT2D eigenvalue weighted by molar-refractivity contribution is 6.04. The molecule has 2 aromatic carbocycles. The second-order valence-corrected chi connectivity index (χ2v) is 6.73. The normalized spacial score (nSPS) is 12.1. The fraction of sp³-hybridized carbons (Fsp3) is 0.250. The van der Waals surface area contributed by atoms with Crippen molar-refractivity contribution in [2.45, 2.75) is 27.7 Å². The van der Waals surface area contributed by atoms with Crippen LogP contribution >= 0.6 is 0 Å². The van der Waals surface area contributed by atoms with E-state index in [1.54, 1.807) is 12.1 Å². The molecule has 0 heterocycles. The van der Waals surface area contributed by atoms with E-state index in [1.165, 1.54) is 29.8 Å².